The summed E-state index contributed by atoms with van der Waals surface area (Å²) in [6.45, 7) is 2.72. The number of hydrazone groups is 1. The number of benzene rings is 1. The zero-order chi connectivity index (χ0) is 17.5. The molecule has 7 heteroatoms. The van der Waals surface area contributed by atoms with Gasteiger partial charge in [-0.15, -0.1) is 0 Å². The molecular formula is C18H18N6S. The van der Waals surface area contributed by atoms with Crippen LogP contribution in [0.1, 0.15) is 12.5 Å². The molecule has 0 aliphatic carbocycles. The summed E-state index contributed by atoms with van der Waals surface area (Å²) in [5.41, 5.74) is 6.36. The van der Waals surface area contributed by atoms with Gasteiger partial charge in [0.05, 0.1) is 11.9 Å². The third kappa shape index (κ3) is 4.27. The van der Waals surface area contributed by atoms with Gasteiger partial charge in [0.15, 0.2) is 5.11 Å². The lowest BCUT2D eigenvalue weighted by Gasteiger charge is -2.02. The van der Waals surface area contributed by atoms with E-state index in [1.807, 2.05) is 60.3 Å². The number of nitrogens with one attached hydrogen (secondary N) is 2. The molecule has 2 heterocycles. The van der Waals surface area contributed by atoms with Crippen LogP contribution in [-0.2, 0) is 0 Å². The van der Waals surface area contributed by atoms with E-state index in [0.717, 1.165) is 29.1 Å². The van der Waals surface area contributed by atoms with Crippen molar-refractivity contribution in [3.05, 3.63) is 66.6 Å². The van der Waals surface area contributed by atoms with Crippen LogP contribution < -0.4 is 10.7 Å². The van der Waals surface area contributed by atoms with Gasteiger partial charge in [0.1, 0.15) is 5.69 Å². The first-order chi connectivity index (χ1) is 12.3. The number of aromatic nitrogens is 3. The maximum absolute atomic E-state index is 5.11. The van der Waals surface area contributed by atoms with Crippen LogP contribution in [0.15, 0.2) is 66.2 Å². The number of pyridine rings is 1. The monoisotopic (exact) mass is 350 g/mol. The smallest absolute Gasteiger partial charge is 0.186 e. The van der Waals surface area contributed by atoms with E-state index in [4.69, 9.17) is 17.3 Å². The molecule has 0 atom stereocenters. The highest BCUT2D eigenvalue weighted by atomic mass is 32.1. The maximum atomic E-state index is 5.11. The first kappa shape index (κ1) is 16.8. The molecule has 1 aromatic carbocycles. The molecule has 3 aromatic rings. The van der Waals surface area contributed by atoms with Crippen LogP contribution in [0, 0.1) is 0 Å². The zero-order valence-corrected chi connectivity index (χ0v) is 14.6. The number of hydrogen-bond acceptors (Lipinski definition) is 4. The quantitative estimate of drug-likeness (QED) is 0.421. The summed E-state index contributed by atoms with van der Waals surface area (Å²) < 4.78 is 1.83. The number of nitrogens with zero attached hydrogens (tertiary/aromatic N) is 4. The summed E-state index contributed by atoms with van der Waals surface area (Å²) in [6, 6.07) is 13.8. The summed E-state index contributed by atoms with van der Waals surface area (Å²) in [5, 5.41) is 12.4. The van der Waals surface area contributed by atoms with Crippen LogP contribution >= 0.6 is 12.2 Å². The molecular weight excluding hydrogens is 332 g/mol. The summed E-state index contributed by atoms with van der Waals surface area (Å²) >= 11 is 5.11. The van der Waals surface area contributed by atoms with Gasteiger partial charge in [0.2, 0.25) is 0 Å². The van der Waals surface area contributed by atoms with Gasteiger partial charge in [-0.2, -0.15) is 10.2 Å². The molecule has 0 aliphatic rings. The molecule has 6 nitrogen and oxygen atoms in total. The molecule has 0 saturated carbocycles. The van der Waals surface area contributed by atoms with Crippen LogP contribution in [-0.4, -0.2) is 32.6 Å². The van der Waals surface area contributed by atoms with Crippen LogP contribution in [0.2, 0.25) is 0 Å². The van der Waals surface area contributed by atoms with Gasteiger partial charge in [0, 0.05) is 36.3 Å². The lowest BCUT2D eigenvalue weighted by molar-refractivity contribution is 0.884. The lowest BCUT2D eigenvalue weighted by atomic mass is 10.1. The van der Waals surface area contributed by atoms with Gasteiger partial charge < -0.3 is 5.32 Å². The number of thiocarbonyl (C=S) groups is 1. The highest BCUT2D eigenvalue weighted by molar-refractivity contribution is 7.80. The van der Waals surface area contributed by atoms with Crippen LogP contribution in [0.4, 0.5) is 0 Å². The highest BCUT2D eigenvalue weighted by Crippen LogP contribution is 2.21. The summed E-state index contributed by atoms with van der Waals surface area (Å²) in [5.74, 6) is 0. The lowest BCUT2D eigenvalue weighted by Crippen LogP contribution is -2.31. The van der Waals surface area contributed by atoms with E-state index in [-0.39, 0.29) is 0 Å². The molecule has 0 spiro atoms. The summed E-state index contributed by atoms with van der Waals surface area (Å²) in [6.07, 6.45) is 7.16. The van der Waals surface area contributed by atoms with Gasteiger partial charge in [-0.3, -0.25) is 10.4 Å². The Morgan fingerprint density at radius 2 is 2.08 bits per heavy atom. The maximum Gasteiger partial charge on any atom is 0.186 e. The summed E-state index contributed by atoms with van der Waals surface area (Å²) in [4.78, 5) is 4.18. The molecule has 0 saturated heterocycles. The van der Waals surface area contributed by atoms with E-state index in [2.05, 4.69) is 20.8 Å². The van der Waals surface area contributed by atoms with Gasteiger partial charge in [0.25, 0.3) is 0 Å². The number of rotatable bonds is 5. The average Bonchev–Trinajstić information content (AvgIpc) is 3.08. The largest absolute Gasteiger partial charge is 0.362 e. The SMILES string of the molecule is CCNC(=S)N/N=C/c1cn(-c2ccccc2)nc1-c1cccnc1. The minimum Gasteiger partial charge on any atom is -0.362 e. The van der Waals surface area contributed by atoms with Crippen LogP contribution in [0.25, 0.3) is 16.9 Å². The van der Waals surface area contributed by atoms with Crippen molar-refractivity contribution in [3.8, 4) is 16.9 Å². The second-order valence-corrected chi connectivity index (χ2v) is 5.59. The summed E-state index contributed by atoms with van der Waals surface area (Å²) in [7, 11) is 0. The van der Waals surface area contributed by atoms with E-state index in [0.29, 0.717) is 5.11 Å². The van der Waals surface area contributed by atoms with E-state index < -0.39 is 0 Å². The fourth-order valence-corrected chi connectivity index (χ4v) is 2.48. The predicted molar refractivity (Wildman–Crippen MR) is 104 cm³/mol. The van der Waals surface area contributed by atoms with Crippen molar-refractivity contribution in [3.63, 3.8) is 0 Å². The van der Waals surface area contributed by atoms with Gasteiger partial charge >= 0.3 is 0 Å². The predicted octanol–water partition coefficient (Wildman–Crippen LogP) is 2.75. The second kappa shape index (κ2) is 8.16. The van der Waals surface area contributed by atoms with E-state index in [9.17, 15) is 0 Å². The molecule has 2 N–H and O–H groups in total. The topological polar surface area (TPSA) is 67.1 Å². The first-order valence-corrected chi connectivity index (χ1v) is 8.31. The molecule has 0 amide bonds. The Labute approximate surface area is 151 Å². The Morgan fingerprint density at radius 1 is 1.24 bits per heavy atom. The standard InChI is InChI=1S/C18H18N6S/c1-2-20-18(25)22-21-12-15-13-24(16-8-4-3-5-9-16)23-17(15)14-7-6-10-19-11-14/h3-13H,2H2,1H3,(H2,20,22,25)/b21-12+. The van der Waals surface area contributed by atoms with Crippen molar-refractivity contribution in [2.45, 2.75) is 6.92 Å². The molecule has 3 rings (SSSR count). The molecule has 0 radical (unpaired) electrons. The third-order valence-corrected chi connectivity index (χ3v) is 3.64. The molecule has 0 unspecified atom stereocenters. The second-order valence-electron chi connectivity index (χ2n) is 5.18. The highest BCUT2D eigenvalue weighted by Gasteiger charge is 2.11. The average molecular weight is 350 g/mol. The van der Waals surface area contributed by atoms with Gasteiger partial charge in [-0.1, -0.05) is 18.2 Å². The van der Waals surface area contributed by atoms with E-state index in [1.165, 1.54) is 0 Å². The van der Waals surface area contributed by atoms with Crippen LogP contribution in [0.5, 0.6) is 0 Å². The fourth-order valence-electron chi connectivity index (χ4n) is 2.28. The molecule has 2 aromatic heterocycles. The Kier molecular flexibility index (Phi) is 5.48. The Hall–Kier alpha value is -3.06. The Balaban J connectivity index is 1.93. The van der Waals surface area contributed by atoms with Gasteiger partial charge in [-0.25, -0.2) is 4.68 Å². The molecule has 25 heavy (non-hydrogen) atoms. The van der Waals surface area contributed by atoms with E-state index in [1.54, 1.807) is 18.6 Å². The minimum atomic E-state index is 0.483. The van der Waals surface area contributed by atoms with Crippen molar-refractivity contribution in [1.29, 1.82) is 0 Å². The van der Waals surface area contributed by atoms with E-state index >= 15 is 0 Å². The molecule has 0 fully saturated rings. The zero-order valence-electron chi connectivity index (χ0n) is 13.8. The Bertz CT molecular complexity index is 858. The minimum absolute atomic E-state index is 0.483. The first-order valence-electron chi connectivity index (χ1n) is 7.90. The molecule has 126 valence electrons. The van der Waals surface area contributed by atoms with Crippen molar-refractivity contribution in [2.75, 3.05) is 6.54 Å². The number of hydrogen-bond donors (Lipinski definition) is 2. The van der Waals surface area contributed by atoms with Crippen molar-refractivity contribution in [1.82, 2.24) is 25.5 Å². The van der Waals surface area contributed by atoms with Gasteiger partial charge in [-0.05, 0) is 43.4 Å². The molecule has 0 bridgehead atoms. The van der Waals surface area contributed by atoms with Crippen molar-refractivity contribution < 1.29 is 0 Å². The number of para-hydroxylation sites is 1. The fraction of sp³-hybridized carbons (Fsp3) is 0.111. The molecule has 0 aliphatic heterocycles. The Morgan fingerprint density at radius 3 is 2.80 bits per heavy atom. The van der Waals surface area contributed by atoms with Crippen molar-refractivity contribution >= 4 is 23.5 Å². The van der Waals surface area contributed by atoms with Crippen molar-refractivity contribution in [2.24, 2.45) is 5.10 Å². The third-order valence-electron chi connectivity index (χ3n) is 3.41. The normalized spacial score (nSPS) is 10.8. The van der Waals surface area contributed by atoms with Crippen LogP contribution in [0.3, 0.4) is 0 Å².